The molecular weight excluding hydrogens is 352 g/mol. The summed E-state index contributed by atoms with van der Waals surface area (Å²) in [6, 6.07) is 19.9. The number of likely N-dealkylation sites (tertiary alicyclic amines) is 1. The lowest BCUT2D eigenvalue weighted by molar-refractivity contribution is -0.140. The number of amides is 1. The van der Waals surface area contributed by atoms with Crippen LogP contribution in [-0.4, -0.2) is 54.5 Å². The largest absolute Gasteiger partial charge is 0.469 e. The average molecular weight is 380 g/mol. The quantitative estimate of drug-likeness (QED) is 0.691. The number of hydrogen-bond acceptors (Lipinski definition) is 4. The van der Waals surface area contributed by atoms with E-state index in [0.717, 1.165) is 32.5 Å². The Morgan fingerprint density at radius 1 is 1.00 bits per heavy atom. The van der Waals surface area contributed by atoms with Crippen molar-refractivity contribution in [2.75, 3.05) is 26.7 Å². The van der Waals surface area contributed by atoms with E-state index in [1.54, 1.807) is 0 Å². The first-order chi connectivity index (χ1) is 13.7. The number of ether oxygens (including phenoxy) is 1. The predicted octanol–water partition coefficient (Wildman–Crippen LogP) is 3.36. The lowest BCUT2D eigenvalue weighted by Gasteiger charge is -2.38. The third-order valence-electron chi connectivity index (χ3n) is 5.31. The van der Waals surface area contributed by atoms with Gasteiger partial charge in [-0.3, -0.25) is 14.5 Å². The van der Waals surface area contributed by atoms with Crippen molar-refractivity contribution >= 4 is 11.9 Å². The maximum atomic E-state index is 13.1. The van der Waals surface area contributed by atoms with Crippen LogP contribution >= 0.6 is 0 Å². The van der Waals surface area contributed by atoms with Crippen molar-refractivity contribution in [2.24, 2.45) is 0 Å². The van der Waals surface area contributed by atoms with Gasteiger partial charge in [0.2, 0.25) is 0 Å². The molecule has 0 bridgehead atoms. The highest BCUT2D eigenvalue weighted by molar-refractivity contribution is 5.94. The Balaban J connectivity index is 1.63. The zero-order valence-corrected chi connectivity index (χ0v) is 16.4. The maximum absolute atomic E-state index is 13.1. The van der Waals surface area contributed by atoms with Crippen molar-refractivity contribution in [2.45, 2.75) is 31.8 Å². The summed E-state index contributed by atoms with van der Waals surface area (Å²) in [6.07, 6.45) is 2.04. The van der Waals surface area contributed by atoms with E-state index < -0.39 is 0 Å². The van der Waals surface area contributed by atoms with E-state index in [4.69, 9.17) is 4.74 Å². The highest BCUT2D eigenvalue weighted by atomic mass is 16.5. The Bertz CT molecular complexity index is 756. The first-order valence-corrected chi connectivity index (χ1v) is 9.86. The van der Waals surface area contributed by atoms with E-state index in [9.17, 15) is 9.59 Å². The molecule has 0 radical (unpaired) electrons. The maximum Gasteiger partial charge on any atom is 0.307 e. The predicted molar refractivity (Wildman–Crippen MR) is 109 cm³/mol. The van der Waals surface area contributed by atoms with Crippen molar-refractivity contribution in [1.82, 2.24) is 9.80 Å². The Morgan fingerprint density at radius 2 is 1.61 bits per heavy atom. The van der Waals surface area contributed by atoms with Gasteiger partial charge in [-0.15, -0.1) is 0 Å². The van der Waals surface area contributed by atoms with E-state index in [0.29, 0.717) is 12.1 Å². The molecular formula is C23H28N2O3. The Morgan fingerprint density at radius 3 is 2.21 bits per heavy atom. The summed E-state index contributed by atoms with van der Waals surface area (Å²) < 4.78 is 4.77. The van der Waals surface area contributed by atoms with Gasteiger partial charge in [0, 0.05) is 37.8 Å². The van der Waals surface area contributed by atoms with Crippen molar-refractivity contribution in [3.8, 4) is 0 Å². The van der Waals surface area contributed by atoms with Gasteiger partial charge in [0.15, 0.2) is 0 Å². The molecule has 148 valence electrons. The number of esters is 1. The SMILES string of the molecule is COC(=O)CCN(C(=O)c1ccccc1)C1CCN(Cc2ccccc2)CC1. The van der Waals surface area contributed by atoms with Gasteiger partial charge in [0.05, 0.1) is 13.5 Å². The molecule has 1 heterocycles. The van der Waals surface area contributed by atoms with Gasteiger partial charge in [-0.1, -0.05) is 48.5 Å². The number of rotatable bonds is 7. The molecule has 5 heteroatoms. The summed E-state index contributed by atoms with van der Waals surface area (Å²) in [6.45, 7) is 3.21. The number of benzene rings is 2. The van der Waals surface area contributed by atoms with E-state index in [1.165, 1.54) is 12.7 Å². The fraction of sp³-hybridized carbons (Fsp3) is 0.391. The van der Waals surface area contributed by atoms with Crippen LogP contribution in [0.4, 0.5) is 0 Å². The lowest BCUT2D eigenvalue weighted by atomic mass is 10.0. The molecule has 2 aromatic rings. The first-order valence-electron chi connectivity index (χ1n) is 9.86. The standard InChI is InChI=1S/C23H28N2O3/c1-28-22(26)14-17-25(23(27)20-10-6-3-7-11-20)21-12-15-24(16-13-21)18-19-8-4-2-5-9-19/h2-11,21H,12-18H2,1H3. The Labute approximate surface area is 166 Å². The monoisotopic (exact) mass is 380 g/mol. The van der Waals surface area contributed by atoms with Crippen LogP contribution in [0.15, 0.2) is 60.7 Å². The normalized spacial score (nSPS) is 15.2. The minimum absolute atomic E-state index is 0.00832. The molecule has 0 unspecified atom stereocenters. The van der Waals surface area contributed by atoms with Crippen molar-refractivity contribution < 1.29 is 14.3 Å². The second kappa shape index (κ2) is 10.0. The molecule has 28 heavy (non-hydrogen) atoms. The molecule has 1 aliphatic rings. The molecule has 0 N–H and O–H groups in total. The highest BCUT2D eigenvalue weighted by Gasteiger charge is 2.29. The minimum atomic E-state index is -0.285. The molecule has 0 saturated carbocycles. The summed E-state index contributed by atoms with van der Waals surface area (Å²) >= 11 is 0. The summed E-state index contributed by atoms with van der Waals surface area (Å²) in [5.41, 5.74) is 1.97. The highest BCUT2D eigenvalue weighted by Crippen LogP contribution is 2.21. The number of carbonyl (C=O) groups excluding carboxylic acids is 2. The molecule has 1 saturated heterocycles. The van der Waals surface area contributed by atoms with Crippen LogP contribution in [0.1, 0.15) is 35.2 Å². The molecule has 0 atom stereocenters. The molecule has 0 aliphatic carbocycles. The topological polar surface area (TPSA) is 49.9 Å². The molecule has 2 aromatic carbocycles. The third kappa shape index (κ3) is 5.42. The Hall–Kier alpha value is -2.66. The lowest BCUT2D eigenvalue weighted by Crippen LogP contribution is -2.48. The van der Waals surface area contributed by atoms with E-state index in [1.807, 2.05) is 41.3 Å². The van der Waals surface area contributed by atoms with Crippen molar-refractivity contribution in [1.29, 1.82) is 0 Å². The van der Waals surface area contributed by atoms with Gasteiger partial charge in [0.25, 0.3) is 5.91 Å². The number of piperidine rings is 1. The molecule has 3 rings (SSSR count). The van der Waals surface area contributed by atoms with Crippen LogP contribution in [0.25, 0.3) is 0 Å². The molecule has 5 nitrogen and oxygen atoms in total. The molecule has 1 amide bonds. The fourth-order valence-electron chi connectivity index (χ4n) is 3.74. The fourth-order valence-corrected chi connectivity index (χ4v) is 3.74. The molecule has 0 spiro atoms. The van der Waals surface area contributed by atoms with E-state index >= 15 is 0 Å². The van der Waals surface area contributed by atoms with E-state index in [2.05, 4.69) is 29.2 Å². The van der Waals surface area contributed by atoms with Crippen molar-refractivity contribution in [3.05, 3.63) is 71.8 Å². The van der Waals surface area contributed by atoms with Crippen molar-refractivity contribution in [3.63, 3.8) is 0 Å². The number of carbonyl (C=O) groups is 2. The summed E-state index contributed by atoms with van der Waals surface area (Å²) in [5, 5.41) is 0. The zero-order valence-electron chi connectivity index (χ0n) is 16.4. The van der Waals surface area contributed by atoms with E-state index in [-0.39, 0.29) is 24.3 Å². The number of nitrogens with zero attached hydrogens (tertiary/aromatic N) is 2. The number of methoxy groups -OCH3 is 1. The molecule has 1 aliphatic heterocycles. The smallest absolute Gasteiger partial charge is 0.307 e. The van der Waals surface area contributed by atoms with Crippen LogP contribution in [0, 0.1) is 0 Å². The van der Waals surface area contributed by atoms with Gasteiger partial charge >= 0.3 is 5.97 Å². The van der Waals surface area contributed by atoms with Crippen LogP contribution in [0.2, 0.25) is 0 Å². The number of hydrogen-bond donors (Lipinski definition) is 0. The molecule has 0 aromatic heterocycles. The van der Waals surface area contributed by atoms with Crippen LogP contribution in [-0.2, 0) is 16.1 Å². The average Bonchev–Trinajstić information content (AvgIpc) is 2.76. The van der Waals surface area contributed by atoms with Crippen LogP contribution in [0.3, 0.4) is 0 Å². The van der Waals surface area contributed by atoms with Gasteiger partial charge in [-0.25, -0.2) is 0 Å². The first kappa shape index (κ1) is 20.1. The van der Waals surface area contributed by atoms with Gasteiger partial charge in [-0.2, -0.15) is 0 Å². The minimum Gasteiger partial charge on any atom is -0.469 e. The van der Waals surface area contributed by atoms with Gasteiger partial charge in [0.1, 0.15) is 0 Å². The van der Waals surface area contributed by atoms with Crippen LogP contribution < -0.4 is 0 Å². The third-order valence-corrected chi connectivity index (χ3v) is 5.31. The zero-order chi connectivity index (χ0) is 19.8. The van der Waals surface area contributed by atoms with Crippen LogP contribution in [0.5, 0.6) is 0 Å². The Kier molecular flexibility index (Phi) is 7.20. The van der Waals surface area contributed by atoms with Gasteiger partial charge in [-0.05, 0) is 30.5 Å². The molecule has 1 fully saturated rings. The van der Waals surface area contributed by atoms with Gasteiger partial charge < -0.3 is 9.64 Å². The second-order valence-corrected chi connectivity index (χ2v) is 7.18. The summed E-state index contributed by atoms with van der Waals surface area (Å²) in [5.74, 6) is -0.293. The summed E-state index contributed by atoms with van der Waals surface area (Å²) in [7, 11) is 1.38. The summed E-state index contributed by atoms with van der Waals surface area (Å²) in [4.78, 5) is 29.0. The second-order valence-electron chi connectivity index (χ2n) is 7.18.